The number of hydrogen-bond donors (Lipinski definition) is 3. The van der Waals surface area contributed by atoms with Crippen LogP contribution >= 0.6 is 23.6 Å². The second kappa shape index (κ2) is 9.61. The van der Waals surface area contributed by atoms with E-state index in [0.717, 1.165) is 5.01 Å². The van der Waals surface area contributed by atoms with E-state index in [0.29, 0.717) is 17.9 Å². The highest BCUT2D eigenvalue weighted by molar-refractivity contribution is 7.93. The molecule has 1 aromatic carbocycles. The van der Waals surface area contributed by atoms with E-state index in [1.54, 1.807) is 12.1 Å². The monoisotopic (exact) mass is 463 g/mol. The Balaban J connectivity index is 1.56. The van der Waals surface area contributed by atoms with Crippen LogP contribution in [0.25, 0.3) is 6.08 Å². The fourth-order valence-electron chi connectivity index (χ4n) is 2.19. The molecule has 0 bridgehead atoms. The normalized spacial score (nSPS) is 11.4. The van der Waals surface area contributed by atoms with Crippen LogP contribution in [0.3, 0.4) is 0 Å². The highest BCUT2D eigenvalue weighted by Crippen LogP contribution is 2.21. The average molecular weight is 464 g/mol. The van der Waals surface area contributed by atoms with E-state index >= 15 is 0 Å². The van der Waals surface area contributed by atoms with Crippen LogP contribution in [-0.4, -0.2) is 29.6 Å². The lowest BCUT2D eigenvalue weighted by atomic mass is 10.3. The van der Waals surface area contributed by atoms with E-state index in [1.807, 2.05) is 6.92 Å². The van der Waals surface area contributed by atoms with Gasteiger partial charge in [-0.25, -0.2) is 8.42 Å². The van der Waals surface area contributed by atoms with Gasteiger partial charge in [0.1, 0.15) is 10.8 Å². The third kappa shape index (κ3) is 5.95. The summed E-state index contributed by atoms with van der Waals surface area (Å²) in [5.41, 5.74) is 0.512. The lowest BCUT2D eigenvalue weighted by molar-refractivity contribution is -0.115. The van der Waals surface area contributed by atoms with Gasteiger partial charge >= 0.3 is 0 Å². The van der Waals surface area contributed by atoms with Crippen LogP contribution in [0, 0.1) is 0 Å². The van der Waals surface area contributed by atoms with Crippen molar-refractivity contribution in [1.29, 1.82) is 0 Å². The Bertz CT molecular complexity index is 1150. The number of aromatic nitrogens is 2. The van der Waals surface area contributed by atoms with Gasteiger partial charge < -0.3 is 9.73 Å². The number of carbonyl (C=O) groups excluding carboxylic acids is 1. The third-order valence-corrected chi connectivity index (χ3v) is 6.26. The average Bonchev–Trinajstić information content (AvgIpc) is 3.38. The Morgan fingerprint density at radius 1 is 1.23 bits per heavy atom. The van der Waals surface area contributed by atoms with Gasteiger partial charge in [-0.2, -0.15) is 0 Å². The second-order valence-electron chi connectivity index (χ2n) is 5.78. The van der Waals surface area contributed by atoms with E-state index in [-0.39, 0.29) is 15.1 Å². The fourth-order valence-corrected chi connectivity index (χ4v) is 4.32. The number of amides is 1. The lowest BCUT2D eigenvalue weighted by Crippen LogP contribution is -2.32. The molecule has 1 amide bonds. The highest BCUT2D eigenvalue weighted by atomic mass is 32.2. The minimum absolute atomic E-state index is 0.0534. The number of sulfonamides is 1. The first-order chi connectivity index (χ1) is 14.4. The smallest absolute Gasteiger partial charge is 0.263 e. The topological polar surface area (TPSA) is 126 Å². The summed E-state index contributed by atoms with van der Waals surface area (Å²) in [7, 11) is -3.79. The highest BCUT2D eigenvalue weighted by Gasteiger charge is 2.16. The Kier molecular flexibility index (Phi) is 6.92. The molecule has 3 N–H and O–H groups in total. The van der Waals surface area contributed by atoms with Crippen LogP contribution in [0.1, 0.15) is 17.7 Å². The van der Waals surface area contributed by atoms with Crippen LogP contribution in [0.15, 0.2) is 58.1 Å². The standard InChI is InChI=1S/C18H17N5O4S3/c1-2-16-21-22-18(29-16)23-30(25,26)14-8-5-12(6-9-14)19-17(28)20-15(24)10-7-13-4-3-11-27-13/h3-11H,2H2,1H3,(H,22,23)(H2,19,20,24,28). The van der Waals surface area contributed by atoms with Gasteiger partial charge in [-0.05, 0) is 61.1 Å². The van der Waals surface area contributed by atoms with Gasteiger partial charge in [0.05, 0.1) is 11.2 Å². The number of rotatable bonds is 7. The molecule has 0 unspecified atom stereocenters. The molecule has 0 saturated carbocycles. The molecule has 3 rings (SSSR count). The molecule has 30 heavy (non-hydrogen) atoms. The molecule has 0 aliphatic carbocycles. The van der Waals surface area contributed by atoms with Crippen LogP contribution in [0.5, 0.6) is 0 Å². The number of aryl methyl sites for hydroxylation is 1. The van der Waals surface area contributed by atoms with E-state index in [2.05, 4.69) is 25.6 Å². The maximum Gasteiger partial charge on any atom is 0.263 e. The number of carbonyl (C=O) groups is 1. The van der Waals surface area contributed by atoms with Crippen LogP contribution in [0.4, 0.5) is 10.8 Å². The molecule has 0 fully saturated rings. The molecule has 3 aromatic rings. The maximum absolute atomic E-state index is 12.5. The van der Waals surface area contributed by atoms with E-state index in [1.165, 1.54) is 54.0 Å². The Labute approximate surface area is 182 Å². The third-order valence-electron chi connectivity index (χ3n) is 3.59. The molecule has 2 aromatic heterocycles. The van der Waals surface area contributed by atoms with Crippen molar-refractivity contribution in [3.8, 4) is 0 Å². The number of furan rings is 1. The fraction of sp³-hybridized carbons (Fsp3) is 0.111. The summed E-state index contributed by atoms with van der Waals surface area (Å²) in [6, 6.07) is 9.30. The number of thiocarbonyl (C=S) groups is 1. The molecule has 2 heterocycles. The molecule has 0 spiro atoms. The molecule has 0 aliphatic rings. The van der Waals surface area contributed by atoms with Gasteiger partial charge in [-0.3, -0.25) is 14.8 Å². The zero-order chi connectivity index (χ0) is 21.6. The van der Waals surface area contributed by atoms with Gasteiger partial charge in [0, 0.05) is 11.8 Å². The zero-order valence-electron chi connectivity index (χ0n) is 15.7. The Morgan fingerprint density at radius 3 is 2.63 bits per heavy atom. The molecule has 156 valence electrons. The number of hydrogen-bond acceptors (Lipinski definition) is 8. The number of benzene rings is 1. The van der Waals surface area contributed by atoms with Gasteiger partial charge in [0.15, 0.2) is 5.11 Å². The van der Waals surface area contributed by atoms with Crippen LogP contribution in [0.2, 0.25) is 0 Å². The summed E-state index contributed by atoms with van der Waals surface area (Å²) >= 11 is 6.27. The van der Waals surface area contributed by atoms with Crippen LogP contribution in [-0.2, 0) is 21.2 Å². The first-order valence-corrected chi connectivity index (χ1v) is 11.4. The van der Waals surface area contributed by atoms with E-state index in [9.17, 15) is 13.2 Å². The van der Waals surface area contributed by atoms with Gasteiger partial charge in [0.2, 0.25) is 11.0 Å². The summed E-state index contributed by atoms with van der Waals surface area (Å²) < 4.78 is 32.4. The first kappa shape index (κ1) is 21.6. The van der Waals surface area contributed by atoms with E-state index in [4.69, 9.17) is 16.6 Å². The van der Waals surface area contributed by atoms with Crippen molar-refractivity contribution < 1.29 is 17.6 Å². The van der Waals surface area contributed by atoms with Crippen molar-refractivity contribution in [2.24, 2.45) is 0 Å². The predicted molar refractivity (Wildman–Crippen MR) is 119 cm³/mol. The Hall–Kier alpha value is -3.09. The molecule has 0 saturated heterocycles. The largest absolute Gasteiger partial charge is 0.465 e. The minimum atomic E-state index is -3.79. The summed E-state index contributed by atoms with van der Waals surface area (Å²) in [4.78, 5) is 11.9. The number of anilines is 2. The summed E-state index contributed by atoms with van der Waals surface area (Å²) in [5.74, 6) is 0.102. The summed E-state index contributed by atoms with van der Waals surface area (Å²) in [6.07, 6.45) is 4.96. The van der Waals surface area contributed by atoms with Crippen molar-refractivity contribution in [2.45, 2.75) is 18.2 Å². The second-order valence-corrected chi connectivity index (χ2v) is 8.93. The summed E-state index contributed by atoms with van der Waals surface area (Å²) in [5, 5.41) is 14.0. The van der Waals surface area contributed by atoms with E-state index < -0.39 is 15.9 Å². The van der Waals surface area contributed by atoms with Gasteiger partial charge in [0.25, 0.3) is 10.0 Å². The zero-order valence-corrected chi connectivity index (χ0v) is 18.1. The molecule has 9 nitrogen and oxygen atoms in total. The van der Waals surface area contributed by atoms with Crippen molar-refractivity contribution in [1.82, 2.24) is 15.5 Å². The van der Waals surface area contributed by atoms with Crippen molar-refractivity contribution in [3.63, 3.8) is 0 Å². The molecule has 0 radical (unpaired) electrons. The van der Waals surface area contributed by atoms with Gasteiger partial charge in [-0.15, -0.1) is 10.2 Å². The molecular formula is C18H17N5O4S3. The molecular weight excluding hydrogens is 446 g/mol. The van der Waals surface area contributed by atoms with Gasteiger partial charge in [-0.1, -0.05) is 18.3 Å². The van der Waals surface area contributed by atoms with Crippen molar-refractivity contribution in [3.05, 3.63) is 59.5 Å². The number of nitrogens with one attached hydrogen (secondary N) is 3. The lowest BCUT2D eigenvalue weighted by Gasteiger charge is -2.09. The molecule has 12 heteroatoms. The quantitative estimate of drug-likeness (QED) is 0.361. The van der Waals surface area contributed by atoms with Crippen molar-refractivity contribution >= 4 is 61.5 Å². The van der Waals surface area contributed by atoms with Crippen LogP contribution < -0.4 is 15.4 Å². The predicted octanol–water partition coefficient (Wildman–Crippen LogP) is 3.02. The number of nitrogens with zero attached hydrogens (tertiary/aromatic N) is 2. The Morgan fingerprint density at radius 2 is 2.00 bits per heavy atom. The first-order valence-electron chi connectivity index (χ1n) is 8.64. The maximum atomic E-state index is 12.5. The van der Waals surface area contributed by atoms with Crippen molar-refractivity contribution in [2.75, 3.05) is 10.0 Å². The summed E-state index contributed by atoms with van der Waals surface area (Å²) in [6.45, 7) is 1.91. The molecule has 0 atom stereocenters. The minimum Gasteiger partial charge on any atom is -0.465 e. The molecule has 0 aliphatic heterocycles. The SMILES string of the molecule is CCc1nnc(NS(=O)(=O)c2ccc(NC(=S)NC(=O)C=Cc3ccco3)cc2)s1.